The number of hydrogen-bond acceptors (Lipinski definition) is 2. The van der Waals surface area contributed by atoms with Crippen molar-refractivity contribution >= 4 is 5.69 Å². The Morgan fingerprint density at radius 2 is 1.88 bits per heavy atom. The summed E-state index contributed by atoms with van der Waals surface area (Å²) in [6.45, 7) is 2.37. The second kappa shape index (κ2) is 4.69. The quantitative estimate of drug-likeness (QED) is 0.846. The topological polar surface area (TPSA) is 29.3 Å². The molecular formula is C15H22N2. The molecule has 0 bridgehead atoms. The van der Waals surface area contributed by atoms with Crippen molar-refractivity contribution in [2.45, 2.75) is 38.1 Å². The van der Waals surface area contributed by atoms with E-state index in [9.17, 15) is 0 Å². The summed E-state index contributed by atoms with van der Waals surface area (Å²) in [4.78, 5) is 2.56. The number of hydrogen-bond donors (Lipinski definition) is 1. The Hall–Kier alpha value is -1.02. The molecule has 1 unspecified atom stereocenters. The van der Waals surface area contributed by atoms with Crippen LogP contribution < -0.4 is 10.6 Å². The van der Waals surface area contributed by atoms with Gasteiger partial charge < -0.3 is 10.6 Å². The van der Waals surface area contributed by atoms with Crippen LogP contribution in [0.2, 0.25) is 0 Å². The molecule has 0 spiro atoms. The fraction of sp³-hybridized carbons (Fsp3) is 0.600. The van der Waals surface area contributed by atoms with Gasteiger partial charge in [0.2, 0.25) is 0 Å². The molecule has 1 saturated carbocycles. The molecule has 2 N–H and O–H groups in total. The molecule has 0 saturated heterocycles. The lowest BCUT2D eigenvalue weighted by molar-refractivity contribution is 0.501. The van der Waals surface area contributed by atoms with Gasteiger partial charge in [-0.1, -0.05) is 31.0 Å². The first kappa shape index (κ1) is 11.1. The normalized spacial score (nSPS) is 25.0. The number of nitrogens with two attached hydrogens (primary N) is 1. The molecule has 1 aromatic carbocycles. The standard InChI is InChI=1S/C15H22N2/c16-14-9-10-17(11-12-5-1-2-6-12)15-8-4-3-7-13(14)15/h3-4,7-8,12,14H,1-2,5-6,9-11,16H2. The molecule has 0 aromatic heterocycles. The van der Waals surface area contributed by atoms with Gasteiger partial charge in [-0.3, -0.25) is 0 Å². The van der Waals surface area contributed by atoms with Crippen LogP contribution in [-0.4, -0.2) is 13.1 Å². The smallest absolute Gasteiger partial charge is 0.0414 e. The summed E-state index contributed by atoms with van der Waals surface area (Å²) >= 11 is 0. The first-order chi connectivity index (χ1) is 8.34. The molecule has 1 aliphatic heterocycles. The van der Waals surface area contributed by atoms with Gasteiger partial charge in [-0.15, -0.1) is 0 Å². The highest BCUT2D eigenvalue weighted by atomic mass is 15.1. The van der Waals surface area contributed by atoms with Gasteiger partial charge in [-0.05, 0) is 36.8 Å². The van der Waals surface area contributed by atoms with Gasteiger partial charge in [0.15, 0.2) is 0 Å². The number of fused-ring (bicyclic) bond motifs is 1. The molecule has 2 nitrogen and oxygen atoms in total. The number of benzene rings is 1. The highest BCUT2D eigenvalue weighted by Gasteiger charge is 2.25. The minimum atomic E-state index is 0.242. The number of anilines is 1. The highest BCUT2D eigenvalue weighted by molar-refractivity contribution is 5.56. The van der Waals surface area contributed by atoms with E-state index in [4.69, 9.17) is 5.73 Å². The van der Waals surface area contributed by atoms with Crippen molar-refractivity contribution in [2.24, 2.45) is 11.7 Å². The van der Waals surface area contributed by atoms with Gasteiger partial charge in [0.05, 0.1) is 0 Å². The SMILES string of the molecule is NC1CCN(CC2CCCC2)c2ccccc21. The number of para-hydroxylation sites is 1. The molecule has 17 heavy (non-hydrogen) atoms. The van der Waals surface area contributed by atoms with Crippen molar-refractivity contribution in [1.82, 2.24) is 0 Å². The molecule has 92 valence electrons. The maximum absolute atomic E-state index is 6.19. The van der Waals surface area contributed by atoms with Crippen molar-refractivity contribution in [3.05, 3.63) is 29.8 Å². The molecule has 2 aliphatic rings. The lowest BCUT2D eigenvalue weighted by atomic mass is 9.96. The monoisotopic (exact) mass is 230 g/mol. The van der Waals surface area contributed by atoms with E-state index in [-0.39, 0.29) is 6.04 Å². The summed E-state index contributed by atoms with van der Waals surface area (Å²) in [6.07, 6.45) is 6.80. The summed E-state index contributed by atoms with van der Waals surface area (Å²) in [5.74, 6) is 0.914. The van der Waals surface area contributed by atoms with E-state index in [1.165, 1.54) is 43.5 Å². The second-order valence-corrected chi connectivity index (χ2v) is 5.55. The Labute approximate surface area is 104 Å². The van der Waals surface area contributed by atoms with E-state index in [0.29, 0.717) is 0 Å². The Bertz CT molecular complexity index is 382. The van der Waals surface area contributed by atoms with Gasteiger partial charge in [0.1, 0.15) is 0 Å². The largest absolute Gasteiger partial charge is 0.371 e. The van der Waals surface area contributed by atoms with Gasteiger partial charge in [0, 0.05) is 24.8 Å². The summed E-state index contributed by atoms with van der Waals surface area (Å²) in [5, 5.41) is 0. The molecule has 1 aromatic rings. The van der Waals surface area contributed by atoms with Crippen molar-refractivity contribution in [1.29, 1.82) is 0 Å². The average Bonchev–Trinajstić information content (AvgIpc) is 2.86. The van der Waals surface area contributed by atoms with Crippen LogP contribution in [0.1, 0.15) is 43.7 Å². The van der Waals surface area contributed by atoms with Gasteiger partial charge in [0.25, 0.3) is 0 Å². The van der Waals surface area contributed by atoms with Crippen LogP contribution in [0.5, 0.6) is 0 Å². The maximum atomic E-state index is 6.19. The summed E-state index contributed by atoms with van der Waals surface area (Å²) in [6, 6.07) is 8.92. The molecule has 3 rings (SSSR count). The average molecular weight is 230 g/mol. The predicted octanol–water partition coefficient (Wildman–Crippen LogP) is 3.09. The molecule has 1 heterocycles. The van der Waals surface area contributed by atoms with Crippen LogP contribution in [0.3, 0.4) is 0 Å². The first-order valence-electron chi connectivity index (χ1n) is 6.94. The van der Waals surface area contributed by atoms with Crippen LogP contribution in [0.25, 0.3) is 0 Å². The molecule has 1 aliphatic carbocycles. The molecule has 0 amide bonds. The van der Waals surface area contributed by atoms with Crippen LogP contribution >= 0.6 is 0 Å². The lowest BCUT2D eigenvalue weighted by Gasteiger charge is -2.36. The van der Waals surface area contributed by atoms with Crippen LogP contribution in [-0.2, 0) is 0 Å². The molecule has 1 fully saturated rings. The minimum absolute atomic E-state index is 0.242. The van der Waals surface area contributed by atoms with Crippen LogP contribution in [0, 0.1) is 5.92 Å². The van der Waals surface area contributed by atoms with E-state index in [1.54, 1.807) is 0 Å². The Balaban J connectivity index is 1.79. The zero-order valence-corrected chi connectivity index (χ0v) is 10.4. The van der Waals surface area contributed by atoms with Gasteiger partial charge in [-0.25, -0.2) is 0 Å². The second-order valence-electron chi connectivity index (χ2n) is 5.55. The predicted molar refractivity (Wildman–Crippen MR) is 72.2 cm³/mol. The summed E-state index contributed by atoms with van der Waals surface area (Å²) in [7, 11) is 0. The molecule has 2 heteroatoms. The van der Waals surface area contributed by atoms with E-state index >= 15 is 0 Å². The van der Waals surface area contributed by atoms with Gasteiger partial charge >= 0.3 is 0 Å². The van der Waals surface area contributed by atoms with E-state index in [2.05, 4.69) is 29.2 Å². The van der Waals surface area contributed by atoms with Crippen molar-refractivity contribution in [3.63, 3.8) is 0 Å². The third-order valence-electron chi connectivity index (χ3n) is 4.34. The molecule has 0 radical (unpaired) electrons. The van der Waals surface area contributed by atoms with E-state index < -0.39 is 0 Å². The van der Waals surface area contributed by atoms with Crippen molar-refractivity contribution in [3.8, 4) is 0 Å². The fourth-order valence-corrected chi connectivity index (χ4v) is 3.35. The molecule has 1 atom stereocenters. The Kier molecular flexibility index (Phi) is 3.06. The Morgan fingerprint density at radius 3 is 2.71 bits per heavy atom. The summed E-state index contributed by atoms with van der Waals surface area (Å²) in [5.41, 5.74) is 8.92. The third kappa shape index (κ3) is 2.19. The number of nitrogens with zero attached hydrogens (tertiary/aromatic N) is 1. The minimum Gasteiger partial charge on any atom is -0.371 e. The zero-order valence-electron chi connectivity index (χ0n) is 10.4. The molecular weight excluding hydrogens is 208 g/mol. The zero-order chi connectivity index (χ0) is 11.7. The third-order valence-corrected chi connectivity index (χ3v) is 4.34. The van der Waals surface area contributed by atoms with Gasteiger partial charge in [-0.2, -0.15) is 0 Å². The van der Waals surface area contributed by atoms with Crippen LogP contribution in [0.15, 0.2) is 24.3 Å². The van der Waals surface area contributed by atoms with Crippen molar-refractivity contribution < 1.29 is 0 Å². The Morgan fingerprint density at radius 1 is 1.12 bits per heavy atom. The maximum Gasteiger partial charge on any atom is 0.0414 e. The first-order valence-corrected chi connectivity index (χ1v) is 6.94. The van der Waals surface area contributed by atoms with E-state index in [0.717, 1.165) is 18.9 Å². The summed E-state index contributed by atoms with van der Waals surface area (Å²) < 4.78 is 0. The van der Waals surface area contributed by atoms with Crippen molar-refractivity contribution in [2.75, 3.05) is 18.0 Å². The number of rotatable bonds is 2. The van der Waals surface area contributed by atoms with Crippen LogP contribution in [0.4, 0.5) is 5.69 Å². The lowest BCUT2D eigenvalue weighted by Crippen LogP contribution is -2.36. The van der Waals surface area contributed by atoms with E-state index in [1.807, 2.05) is 0 Å². The highest BCUT2D eigenvalue weighted by Crippen LogP contribution is 2.34. The fourth-order valence-electron chi connectivity index (χ4n) is 3.35.